The largest absolute Gasteiger partial charge is 0.495 e. The number of carbonyl (C=O) groups excluding carboxylic acids is 1. The number of thiazole rings is 1. The van der Waals surface area contributed by atoms with Crippen molar-refractivity contribution >= 4 is 39.2 Å². The Morgan fingerprint density at radius 3 is 2.83 bits per heavy atom. The highest BCUT2D eigenvalue weighted by Crippen LogP contribution is 2.27. The summed E-state index contributed by atoms with van der Waals surface area (Å²) in [5, 5.41) is 10.9. The fraction of sp³-hybridized carbons (Fsp3) is 0.238. The van der Waals surface area contributed by atoms with Gasteiger partial charge in [-0.2, -0.15) is 4.99 Å². The molecule has 1 amide bonds. The molecule has 0 aliphatic heterocycles. The monoisotopic (exact) mass is 427 g/mol. The quantitative estimate of drug-likeness (QED) is 0.236. The van der Waals surface area contributed by atoms with E-state index in [2.05, 4.69) is 4.99 Å². The summed E-state index contributed by atoms with van der Waals surface area (Å²) in [4.78, 5) is 27.6. The van der Waals surface area contributed by atoms with Crippen LogP contribution >= 0.6 is 11.3 Å². The van der Waals surface area contributed by atoms with Gasteiger partial charge in [0, 0.05) is 31.4 Å². The highest BCUT2D eigenvalue weighted by molar-refractivity contribution is 7.16. The van der Waals surface area contributed by atoms with Gasteiger partial charge < -0.3 is 14.0 Å². The Kier molecular flexibility index (Phi) is 7.10. The lowest BCUT2D eigenvalue weighted by Crippen LogP contribution is -2.19. The minimum Gasteiger partial charge on any atom is -0.495 e. The molecule has 0 N–H and O–H groups in total. The number of benzene rings is 2. The lowest BCUT2D eigenvalue weighted by atomic mass is 10.2. The molecule has 0 saturated carbocycles. The van der Waals surface area contributed by atoms with Gasteiger partial charge in [-0.25, -0.2) is 0 Å². The number of fused-ring (bicyclic) bond motifs is 1. The van der Waals surface area contributed by atoms with Gasteiger partial charge in [0.1, 0.15) is 11.3 Å². The fourth-order valence-corrected chi connectivity index (χ4v) is 3.98. The number of para-hydroxylation sites is 1. The number of nitro benzene ring substituents is 1. The maximum absolute atomic E-state index is 12.5. The van der Waals surface area contributed by atoms with Gasteiger partial charge in [-0.05, 0) is 30.7 Å². The first kappa shape index (κ1) is 21.4. The lowest BCUT2D eigenvalue weighted by molar-refractivity contribution is -0.384. The fourth-order valence-electron chi connectivity index (χ4n) is 2.90. The van der Waals surface area contributed by atoms with Gasteiger partial charge in [0.05, 0.1) is 23.3 Å². The van der Waals surface area contributed by atoms with E-state index in [0.29, 0.717) is 35.9 Å². The van der Waals surface area contributed by atoms with E-state index in [1.54, 1.807) is 19.2 Å². The molecule has 0 aliphatic carbocycles. The maximum Gasteiger partial charge on any atom is 0.272 e. The Balaban J connectivity index is 1.96. The van der Waals surface area contributed by atoms with Crippen molar-refractivity contribution in [3.05, 3.63) is 69.0 Å². The SMILES string of the molecule is CCOCCn1c(=NC(=O)/C=C/c2cccc([N+](=O)[O-])c2)sc2cccc(OC)c21. The van der Waals surface area contributed by atoms with Gasteiger partial charge in [0.15, 0.2) is 4.80 Å². The molecule has 3 aromatic rings. The van der Waals surface area contributed by atoms with Crippen molar-refractivity contribution in [2.75, 3.05) is 20.3 Å². The summed E-state index contributed by atoms with van der Waals surface area (Å²) in [6, 6.07) is 11.7. The molecule has 1 heterocycles. The van der Waals surface area contributed by atoms with Crippen LogP contribution in [0.1, 0.15) is 12.5 Å². The molecule has 0 saturated heterocycles. The molecule has 2 aromatic carbocycles. The average molecular weight is 427 g/mol. The average Bonchev–Trinajstić information content (AvgIpc) is 3.09. The number of nitro groups is 1. The number of carbonyl (C=O) groups is 1. The van der Waals surface area contributed by atoms with Gasteiger partial charge in [0.2, 0.25) is 0 Å². The number of nitrogens with zero attached hydrogens (tertiary/aromatic N) is 3. The van der Waals surface area contributed by atoms with Crippen molar-refractivity contribution < 1.29 is 19.2 Å². The topological polar surface area (TPSA) is 96.0 Å². The molecular formula is C21H21N3O5S. The molecule has 0 spiro atoms. The van der Waals surface area contributed by atoms with E-state index in [-0.39, 0.29) is 5.69 Å². The second-order valence-electron chi connectivity index (χ2n) is 6.18. The molecule has 3 rings (SSSR count). The second-order valence-corrected chi connectivity index (χ2v) is 7.18. The smallest absolute Gasteiger partial charge is 0.272 e. The van der Waals surface area contributed by atoms with Crippen LogP contribution in [0.3, 0.4) is 0 Å². The minimum atomic E-state index is -0.477. The van der Waals surface area contributed by atoms with Gasteiger partial charge in [-0.1, -0.05) is 29.5 Å². The highest BCUT2D eigenvalue weighted by Gasteiger charge is 2.12. The Bertz CT molecular complexity index is 1160. The molecule has 8 nitrogen and oxygen atoms in total. The van der Waals surface area contributed by atoms with Crippen molar-refractivity contribution in [2.24, 2.45) is 4.99 Å². The summed E-state index contributed by atoms with van der Waals surface area (Å²) in [5.41, 5.74) is 1.38. The molecule has 9 heteroatoms. The van der Waals surface area contributed by atoms with E-state index in [1.807, 2.05) is 29.7 Å². The van der Waals surface area contributed by atoms with Crippen LogP contribution in [-0.2, 0) is 16.1 Å². The van der Waals surface area contributed by atoms with Crippen LogP contribution in [0.5, 0.6) is 5.75 Å². The lowest BCUT2D eigenvalue weighted by Gasteiger charge is -2.08. The first-order valence-electron chi connectivity index (χ1n) is 9.28. The summed E-state index contributed by atoms with van der Waals surface area (Å²) < 4.78 is 13.8. The molecule has 0 fully saturated rings. The second kappa shape index (κ2) is 9.95. The molecule has 156 valence electrons. The van der Waals surface area contributed by atoms with E-state index in [4.69, 9.17) is 9.47 Å². The highest BCUT2D eigenvalue weighted by atomic mass is 32.1. The Labute approximate surface area is 176 Å². The van der Waals surface area contributed by atoms with Gasteiger partial charge in [-0.15, -0.1) is 0 Å². The zero-order valence-corrected chi connectivity index (χ0v) is 17.4. The molecular weight excluding hydrogens is 406 g/mol. The van der Waals surface area contributed by atoms with Gasteiger partial charge >= 0.3 is 0 Å². The van der Waals surface area contributed by atoms with Crippen LogP contribution in [0.4, 0.5) is 5.69 Å². The molecule has 0 radical (unpaired) electrons. The Morgan fingerprint density at radius 1 is 1.30 bits per heavy atom. The third-order valence-corrected chi connectivity index (χ3v) is 5.30. The van der Waals surface area contributed by atoms with E-state index in [0.717, 1.165) is 10.2 Å². The number of methoxy groups -OCH3 is 1. The van der Waals surface area contributed by atoms with Crippen molar-refractivity contribution in [3.8, 4) is 5.75 Å². The number of hydrogen-bond donors (Lipinski definition) is 0. The van der Waals surface area contributed by atoms with Crippen LogP contribution in [0.2, 0.25) is 0 Å². The van der Waals surface area contributed by atoms with Crippen molar-refractivity contribution in [1.29, 1.82) is 0 Å². The standard InChI is InChI=1S/C21H21N3O5S/c1-3-29-13-12-23-20-17(28-2)8-5-9-18(20)30-21(23)22-19(25)11-10-15-6-4-7-16(14-15)24(26)27/h4-11,14H,3,12-13H2,1-2H3/b11-10+,22-21?. The van der Waals surface area contributed by atoms with Crippen LogP contribution in [0, 0.1) is 10.1 Å². The predicted octanol–water partition coefficient (Wildman–Crippen LogP) is 3.80. The number of amides is 1. The van der Waals surface area contributed by atoms with Crippen LogP contribution in [-0.4, -0.2) is 35.7 Å². The van der Waals surface area contributed by atoms with Crippen LogP contribution < -0.4 is 9.54 Å². The predicted molar refractivity (Wildman–Crippen MR) is 116 cm³/mol. The summed E-state index contributed by atoms with van der Waals surface area (Å²) in [6.07, 6.45) is 2.81. The van der Waals surface area contributed by atoms with Crippen molar-refractivity contribution in [1.82, 2.24) is 4.57 Å². The molecule has 0 atom stereocenters. The van der Waals surface area contributed by atoms with Gasteiger partial charge in [0.25, 0.3) is 11.6 Å². The third kappa shape index (κ3) is 5.00. The van der Waals surface area contributed by atoms with E-state index < -0.39 is 10.8 Å². The first-order chi connectivity index (χ1) is 14.5. The molecule has 0 bridgehead atoms. The summed E-state index contributed by atoms with van der Waals surface area (Å²) >= 11 is 1.38. The molecule has 0 unspecified atom stereocenters. The van der Waals surface area contributed by atoms with E-state index >= 15 is 0 Å². The normalized spacial score (nSPS) is 12.0. The Hall–Kier alpha value is -3.30. The molecule has 1 aromatic heterocycles. The summed E-state index contributed by atoms with van der Waals surface area (Å²) in [6.45, 7) is 3.52. The van der Waals surface area contributed by atoms with Crippen molar-refractivity contribution in [2.45, 2.75) is 13.5 Å². The number of aromatic nitrogens is 1. The summed E-state index contributed by atoms with van der Waals surface area (Å²) in [5.74, 6) is 0.235. The zero-order valence-electron chi connectivity index (χ0n) is 16.6. The van der Waals surface area contributed by atoms with E-state index in [9.17, 15) is 14.9 Å². The number of rotatable bonds is 8. The van der Waals surface area contributed by atoms with Crippen molar-refractivity contribution in [3.63, 3.8) is 0 Å². The number of hydrogen-bond acceptors (Lipinski definition) is 6. The van der Waals surface area contributed by atoms with Gasteiger partial charge in [-0.3, -0.25) is 14.9 Å². The molecule has 30 heavy (non-hydrogen) atoms. The zero-order chi connectivity index (χ0) is 21.5. The van der Waals surface area contributed by atoms with Crippen LogP contribution in [0.25, 0.3) is 16.3 Å². The minimum absolute atomic E-state index is 0.0353. The number of non-ortho nitro benzene ring substituents is 1. The third-order valence-electron chi connectivity index (χ3n) is 4.25. The Morgan fingerprint density at radius 2 is 2.10 bits per heavy atom. The van der Waals surface area contributed by atoms with E-state index in [1.165, 1.54) is 35.6 Å². The molecule has 0 aliphatic rings. The summed E-state index contributed by atoms with van der Waals surface area (Å²) in [7, 11) is 1.60. The first-order valence-corrected chi connectivity index (χ1v) is 10.1. The number of ether oxygens (including phenoxy) is 2. The maximum atomic E-state index is 12.5. The van der Waals surface area contributed by atoms with Crippen LogP contribution in [0.15, 0.2) is 53.5 Å².